The van der Waals surface area contributed by atoms with Crippen molar-refractivity contribution in [3.8, 4) is 0 Å². The first-order valence-corrected chi connectivity index (χ1v) is 6.75. The Morgan fingerprint density at radius 3 is 2.87 bits per heavy atom. The van der Waals surface area contributed by atoms with E-state index in [1.54, 1.807) is 13.0 Å². The summed E-state index contributed by atoms with van der Waals surface area (Å²) in [6, 6.07) is 4.94. The molecule has 0 amide bonds. The molecule has 2 N–H and O–H groups in total. The highest BCUT2D eigenvalue weighted by Gasteiger charge is 2.16. The van der Waals surface area contributed by atoms with Crippen LogP contribution in [0.15, 0.2) is 36.7 Å². The lowest BCUT2D eigenvalue weighted by molar-refractivity contribution is 0.0699. The van der Waals surface area contributed by atoms with Gasteiger partial charge in [-0.25, -0.2) is 23.1 Å². The van der Waals surface area contributed by atoms with Crippen molar-refractivity contribution in [1.82, 2.24) is 14.6 Å². The van der Waals surface area contributed by atoms with Gasteiger partial charge in [0.15, 0.2) is 17.3 Å². The zero-order valence-electron chi connectivity index (χ0n) is 12.0. The van der Waals surface area contributed by atoms with Gasteiger partial charge in [-0.2, -0.15) is 5.10 Å². The zero-order chi connectivity index (χ0) is 16.6. The summed E-state index contributed by atoms with van der Waals surface area (Å²) < 4.78 is 28.4. The fourth-order valence-corrected chi connectivity index (χ4v) is 2.25. The van der Waals surface area contributed by atoms with Crippen LogP contribution in [-0.4, -0.2) is 25.7 Å². The van der Waals surface area contributed by atoms with Crippen LogP contribution in [0.1, 0.15) is 28.9 Å². The first-order chi connectivity index (χ1) is 11.0. The number of halogens is 2. The molecule has 8 heteroatoms. The first kappa shape index (κ1) is 14.9. The lowest BCUT2D eigenvalue weighted by atomic mass is 10.1. The van der Waals surface area contributed by atoms with Gasteiger partial charge in [-0.3, -0.25) is 0 Å². The zero-order valence-corrected chi connectivity index (χ0v) is 12.0. The maximum atomic E-state index is 13.8. The molecule has 0 spiro atoms. The molecule has 2 aromatic heterocycles. The lowest BCUT2D eigenvalue weighted by Gasteiger charge is -2.16. The van der Waals surface area contributed by atoms with E-state index in [2.05, 4.69) is 15.4 Å². The Kier molecular flexibility index (Phi) is 3.65. The number of nitrogens with zero attached hydrogens (tertiary/aromatic N) is 3. The molecule has 23 heavy (non-hydrogen) atoms. The molecule has 118 valence electrons. The van der Waals surface area contributed by atoms with Crippen LogP contribution in [0.25, 0.3) is 5.65 Å². The minimum absolute atomic E-state index is 0.0433. The standard InChI is InChI=1S/C15H12F2N4O2/c1-8(9-3-2-4-11(16)13(9)17)19-12-5-6-21-14(20-12)10(7-18-21)15(22)23/h2-8H,1H3,(H,19,20)(H,22,23)/t8-/m1/s1. The highest BCUT2D eigenvalue weighted by molar-refractivity contribution is 5.94. The summed E-state index contributed by atoms with van der Waals surface area (Å²) in [5.74, 6) is -2.67. The molecule has 3 aromatic rings. The van der Waals surface area contributed by atoms with Gasteiger partial charge in [-0.1, -0.05) is 12.1 Å². The van der Waals surface area contributed by atoms with E-state index in [1.807, 2.05) is 0 Å². The highest BCUT2D eigenvalue weighted by atomic mass is 19.2. The molecule has 0 fully saturated rings. The molecule has 0 aliphatic rings. The molecule has 0 unspecified atom stereocenters. The number of fused-ring (bicyclic) bond motifs is 1. The molecule has 1 aromatic carbocycles. The Morgan fingerprint density at radius 2 is 2.13 bits per heavy atom. The van der Waals surface area contributed by atoms with E-state index in [0.29, 0.717) is 5.82 Å². The minimum Gasteiger partial charge on any atom is -0.477 e. The van der Waals surface area contributed by atoms with E-state index in [-0.39, 0.29) is 16.8 Å². The van der Waals surface area contributed by atoms with E-state index in [9.17, 15) is 13.6 Å². The van der Waals surface area contributed by atoms with Crippen LogP contribution in [0.5, 0.6) is 0 Å². The van der Waals surface area contributed by atoms with Crippen molar-refractivity contribution in [2.75, 3.05) is 5.32 Å². The molecule has 0 aliphatic heterocycles. The Bertz CT molecular complexity index is 894. The summed E-state index contributed by atoms with van der Waals surface area (Å²) in [4.78, 5) is 15.3. The summed E-state index contributed by atoms with van der Waals surface area (Å²) in [5, 5.41) is 15.9. The molecule has 0 saturated carbocycles. The Hall–Kier alpha value is -3.03. The summed E-state index contributed by atoms with van der Waals surface area (Å²) in [7, 11) is 0. The monoisotopic (exact) mass is 318 g/mol. The molecule has 2 heterocycles. The maximum absolute atomic E-state index is 13.8. The van der Waals surface area contributed by atoms with E-state index < -0.39 is 23.6 Å². The number of anilines is 1. The molecular formula is C15H12F2N4O2. The van der Waals surface area contributed by atoms with Crippen LogP contribution in [-0.2, 0) is 0 Å². The third kappa shape index (κ3) is 2.70. The number of hydrogen-bond acceptors (Lipinski definition) is 4. The van der Waals surface area contributed by atoms with Crippen LogP contribution in [0.4, 0.5) is 14.6 Å². The van der Waals surface area contributed by atoms with Crippen molar-refractivity contribution in [2.24, 2.45) is 0 Å². The maximum Gasteiger partial charge on any atom is 0.341 e. The van der Waals surface area contributed by atoms with Gasteiger partial charge in [0.1, 0.15) is 11.4 Å². The van der Waals surface area contributed by atoms with Crippen molar-refractivity contribution < 1.29 is 18.7 Å². The second-order valence-electron chi connectivity index (χ2n) is 4.95. The van der Waals surface area contributed by atoms with Crippen molar-refractivity contribution in [2.45, 2.75) is 13.0 Å². The van der Waals surface area contributed by atoms with Gasteiger partial charge in [-0.05, 0) is 19.1 Å². The van der Waals surface area contributed by atoms with Crippen molar-refractivity contribution >= 4 is 17.4 Å². The van der Waals surface area contributed by atoms with E-state index in [4.69, 9.17) is 5.11 Å². The number of hydrogen-bond donors (Lipinski definition) is 2. The average Bonchev–Trinajstić information content (AvgIpc) is 2.93. The number of aromatic carboxylic acids is 1. The minimum atomic E-state index is -1.14. The van der Waals surface area contributed by atoms with Crippen LogP contribution in [0, 0.1) is 11.6 Å². The summed E-state index contributed by atoms with van der Waals surface area (Å²) >= 11 is 0. The fourth-order valence-electron chi connectivity index (χ4n) is 2.25. The molecule has 0 bridgehead atoms. The second-order valence-corrected chi connectivity index (χ2v) is 4.95. The lowest BCUT2D eigenvalue weighted by Crippen LogP contribution is -2.11. The van der Waals surface area contributed by atoms with Crippen molar-refractivity contribution in [3.05, 3.63) is 59.4 Å². The van der Waals surface area contributed by atoms with E-state index in [1.165, 1.54) is 29.0 Å². The SMILES string of the molecule is C[C@@H](Nc1ccn2ncc(C(=O)O)c2n1)c1cccc(F)c1F. The van der Waals surface area contributed by atoms with E-state index in [0.717, 1.165) is 6.07 Å². The van der Waals surface area contributed by atoms with Gasteiger partial charge in [0.05, 0.1) is 12.2 Å². The fraction of sp³-hybridized carbons (Fsp3) is 0.133. The van der Waals surface area contributed by atoms with Gasteiger partial charge in [-0.15, -0.1) is 0 Å². The van der Waals surface area contributed by atoms with Gasteiger partial charge < -0.3 is 10.4 Å². The summed E-state index contributed by atoms with van der Waals surface area (Å²) in [6.45, 7) is 1.65. The third-order valence-corrected chi connectivity index (χ3v) is 3.41. The molecule has 6 nitrogen and oxygen atoms in total. The molecule has 1 atom stereocenters. The van der Waals surface area contributed by atoms with Gasteiger partial charge in [0.2, 0.25) is 0 Å². The predicted octanol–water partition coefficient (Wildman–Crippen LogP) is 2.88. The van der Waals surface area contributed by atoms with E-state index >= 15 is 0 Å². The largest absolute Gasteiger partial charge is 0.477 e. The number of carboxylic acids is 1. The van der Waals surface area contributed by atoms with Crippen LogP contribution >= 0.6 is 0 Å². The number of carboxylic acid groups (broad SMARTS) is 1. The number of nitrogens with one attached hydrogen (secondary N) is 1. The smallest absolute Gasteiger partial charge is 0.341 e. The molecule has 0 aliphatic carbocycles. The number of carbonyl (C=O) groups is 1. The molecule has 0 saturated heterocycles. The Balaban J connectivity index is 1.93. The molecule has 3 rings (SSSR count). The second kappa shape index (κ2) is 5.64. The number of rotatable bonds is 4. The van der Waals surface area contributed by atoms with Crippen molar-refractivity contribution in [1.29, 1.82) is 0 Å². The number of aromatic nitrogens is 3. The van der Waals surface area contributed by atoms with Crippen LogP contribution in [0.3, 0.4) is 0 Å². The average molecular weight is 318 g/mol. The van der Waals surface area contributed by atoms with Crippen molar-refractivity contribution in [3.63, 3.8) is 0 Å². The van der Waals surface area contributed by atoms with Crippen LogP contribution < -0.4 is 5.32 Å². The number of benzene rings is 1. The topological polar surface area (TPSA) is 79.5 Å². The normalized spacial score (nSPS) is 12.3. The quantitative estimate of drug-likeness (QED) is 0.773. The predicted molar refractivity (Wildman–Crippen MR) is 78.3 cm³/mol. The highest BCUT2D eigenvalue weighted by Crippen LogP contribution is 2.23. The first-order valence-electron chi connectivity index (χ1n) is 6.75. The Labute approximate surface area is 129 Å². The molecule has 0 radical (unpaired) electrons. The molecular weight excluding hydrogens is 306 g/mol. The van der Waals surface area contributed by atoms with Gasteiger partial charge >= 0.3 is 5.97 Å². The Morgan fingerprint density at radius 1 is 1.35 bits per heavy atom. The third-order valence-electron chi connectivity index (χ3n) is 3.41. The summed E-state index contributed by atoms with van der Waals surface area (Å²) in [5.41, 5.74) is 0.270. The van der Waals surface area contributed by atoms with Gasteiger partial charge in [0, 0.05) is 11.8 Å². The van der Waals surface area contributed by atoms with Crippen LogP contribution in [0.2, 0.25) is 0 Å². The van der Waals surface area contributed by atoms with Gasteiger partial charge in [0.25, 0.3) is 0 Å². The summed E-state index contributed by atoms with van der Waals surface area (Å²) in [6.07, 6.45) is 2.73.